The number of Topliss-reactive ketones (excluding diaryl/α,β-unsaturated/α-hetero) is 1. The Hall–Kier alpha value is -8.40. The molecule has 2 aromatic rings. The van der Waals surface area contributed by atoms with Gasteiger partial charge in [-0.2, -0.15) is 0 Å². The van der Waals surface area contributed by atoms with E-state index in [0.29, 0.717) is 48.4 Å². The van der Waals surface area contributed by atoms with Gasteiger partial charge < -0.3 is 70.5 Å². The SMILES string of the molecule is COc1cc2cc(c1Cl)N(C)C(=O)C1C(C(=O)[C@H](C)N(C)C(=O)CCN(C)C(=O)OCc3ccc(NC(=O)[C@@H](CCCNC(N)=O)NC(=O)[C@H](NC(=O)CCCCCN4C(=O)C=CC4=O)C(C)C)cc3)[C@H]1[C@]1(C)O[C@H]1[C@H](C)[C@@H]1C[C@@](O)(NC(=O)O1)[C@H](OC)/C=C/C=C(\C)C2. The largest absolute Gasteiger partial charge is 0.495 e. The fourth-order valence-corrected chi connectivity index (χ4v) is 12.8. The van der Waals surface area contributed by atoms with Gasteiger partial charge in [0, 0.05) is 103 Å². The number of ketones is 1. The number of urea groups is 1. The van der Waals surface area contributed by atoms with Gasteiger partial charge in [-0.25, -0.2) is 14.4 Å². The van der Waals surface area contributed by atoms with E-state index < -0.39 is 125 Å². The molecule has 1 aliphatic carbocycles. The number of anilines is 2. The molecule has 4 heterocycles. The van der Waals surface area contributed by atoms with Gasteiger partial charge in [-0.15, -0.1) is 0 Å². The normalized spacial score (nSPS) is 25.8. The lowest BCUT2D eigenvalue weighted by molar-refractivity contribution is -0.142. The summed E-state index contributed by atoms with van der Waals surface area (Å²) in [6.07, 6.45) is 5.53. The summed E-state index contributed by atoms with van der Waals surface area (Å²) in [5, 5.41) is 25.4. The Morgan fingerprint density at radius 3 is 2.28 bits per heavy atom. The van der Waals surface area contributed by atoms with Crippen LogP contribution in [0, 0.1) is 29.6 Å². The number of unbranched alkanes of at least 4 members (excludes halogenated alkanes) is 2. The first kappa shape index (κ1) is 73.0. The summed E-state index contributed by atoms with van der Waals surface area (Å²) >= 11 is 6.92. The van der Waals surface area contributed by atoms with Crippen LogP contribution in [0.5, 0.6) is 5.75 Å². The number of methoxy groups -OCH3 is 2. The van der Waals surface area contributed by atoms with Crippen molar-refractivity contribution >= 4 is 88.3 Å². The zero-order chi connectivity index (χ0) is 69.1. The number of aliphatic hydroxyl groups is 1. The molecule has 512 valence electrons. The maximum Gasteiger partial charge on any atom is 0.409 e. The quantitative estimate of drug-likeness (QED) is 0.0378. The zero-order valence-electron chi connectivity index (χ0n) is 55.1. The van der Waals surface area contributed by atoms with E-state index in [2.05, 4.69) is 26.6 Å². The van der Waals surface area contributed by atoms with E-state index in [4.69, 9.17) is 41.0 Å². The Bertz CT molecular complexity index is 3290. The zero-order valence-corrected chi connectivity index (χ0v) is 55.9. The number of likely N-dealkylation sites (N-methyl/N-ethyl adjacent to an activating group) is 1. The summed E-state index contributed by atoms with van der Waals surface area (Å²) in [6, 6.07) is 5.98. The monoisotopic (exact) mass is 1330 g/mol. The molecule has 94 heavy (non-hydrogen) atoms. The van der Waals surface area contributed by atoms with E-state index in [1.807, 2.05) is 19.9 Å². The summed E-state index contributed by atoms with van der Waals surface area (Å²) < 4.78 is 29.1. The number of rotatable bonds is 26. The number of allylic oxidation sites excluding steroid dienone is 3. The average Bonchev–Trinajstić information content (AvgIpc) is 1.51. The third-order valence-corrected chi connectivity index (χ3v) is 18.6. The summed E-state index contributed by atoms with van der Waals surface area (Å²) in [4.78, 5) is 151. The van der Waals surface area contributed by atoms with E-state index in [1.165, 1.54) is 55.2 Å². The van der Waals surface area contributed by atoms with Crippen LogP contribution in [0.15, 0.2) is 72.4 Å². The van der Waals surface area contributed by atoms with Crippen LogP contribution in [-0.4, -0.2) is 188 Å². The first-order chi connectivity index (χ1) is 44.4. The smallest absolute Gasteiger partial charge is 0.409 e. The van der Waals surface area contributed by atoms with Gasteiger partial charge in [0.2, 0.25) is 29.5 Å². The third kappa shape index (κ3) is 17.9. The highest BCUT2D eigenvalue weighted by Crippen LogP contribution is 2.65. The minimum Gasteiger partial charge on any atom is -0.495 e. The third-order valence-electron chi connectivity index (χ3n) is 18.2. The fourth-order valence-electron chi connectivity index (χ4n) is 12.4. The number of alkyl carbamates (subject to hydrolysis) is 1. The number of hydrogen-bond acceptors (Lipinski definition) is 17. The number of epoxide rings is 1. The van der Waals surface area contributed by atoms with Crippen molar-refractivity contribution in [3.63, 3.8) is 0 Å². The molecule has 7 rings (SSSR count). The molecule has 12 atom stereocenters. The number of imide groups is 1. The van der Waals surface area contributed by atoms with Crippen LogP contribution in [0.2, 0.25) is 5.02 Å². The molecule has 3 fully saturated rings. The number of hydrogen-bond donors (Lipinski definition) is 7. The van der Waals surface area contributed by atoms with E-state index in [0.717, 1.165) is 16.0 Å². The Balaban J connectivity index is 0.941. The molecular formula is C66H89ClN10O17. The standard InChI is InChI=1S/C66H89ClN10O17/c1-36(2)56(72-48(78)20-13-12-14-29-77-50(80)25-26-51(77)81)60(84)71-43(18-16-28-69-62(68)86)59(83)70-42-23-21-40(22-24-42)35-92-64(88)74(7)30-27-49(79)75(8)39(5)57(82)52-53-54(52)65(6)58(94-65)38(4)46-34-66(89,73-63(87)93-46)47(91-11)19-15-17-37(3)31-41-32-44(76(9)61(53)85)55(67)45(33-41)90-10/h15,17,19,21-26,32-33,36,38-39,43,46-47,52-54,56,58,89H,12-14,16,18,20,27-31,34-35H2,1-11H3,(H,70,83)(H,71,84)(H,72,78)(H,73,87)(H3,68,69,86)/b19-15+,37-17+/t38-,39+,43-,46+,47-,52?,53?,54-,56-,58+,65+,66+/m1/s1. The van der Waals surface area contributed by atoms with Crippen LogP contribution in [0.4, 0.5) is 25.8 Å². The fraction of sp³-hybridized carbons (Fsp3) is 0.561. The molecule has 27 nitrogen and oxygen atoms in total. The summed E-state index contributed by atoms with van der Waals surface area (Å²) in [5.74, 6) is -6.84. The molecule has 2 aromatic carbocycles. The van der Waals surface area contributed by atoms with Crippen molar-refractivity contribution < 1.29 is 81.5 Å². The van der Waals surface area contributed by atoms with Crippen LogP contribution >= 0.6 is 11.6 Å². The van der Waals surface area contributed by atoms with Gasteiger partial charge in [0.05, 0.1) is 36.5 Å². The number of nitrogens with two attached hydrogens (primary N) is 1. The number of primary amides is 1. The Kier molecular flexibility index (Phi) is 24.6. The Morgan fingerprint density at radius 1 is 0.936 bits per heavy atom. The second-order valence-corrected chi connectivity index (χ2v) is 25.7. The second-order valence-electron chi connectivity index (χ2n) is 25.4. The highest BCUT2D eigenvalue weighted by molar-refractivity contribution is 6.35. The molecule has 4 bridgehead atoms. The first-order valence-corrected chi connectivity index (χ1v) is 31.9. The van der Waals surface area contributed by atoms with Crippen molar-refractivity contribution in [1.29, 1.82) is 0 Å². The Morgan fingerprint density at radius 2 is 1.63 bits per heavy atom. The number of nitrogens with one attached hydrogen (secondary N) is 5. The molecule has 5 aliphatic rings. The molecular weight excluding hydrogens is 1240 g/mol. The van der Waals surface area contributed by atoms with Crippen LogP contribution in [0.25, 0.3) is 0 Å². The summed E-state index contributed by atoms with van der Waals surface area (Å²) in [6.45, 7) is 10.6. The number of benzene rings is 2. The molecule has 0 spiro atoms. The highest BCUT2D eigenvalue weighted by Gasteiger charge is 2.76. The topological polar surface area (TPSA) is 357 Å². The van der Waals surface area contributed by atoms with Gasteiger partial charge in [0.1, 0.15) is 41.7 Å². The number of carbonyl (C=O) groups is 11. The number of ether oxygens (including phenoxy) is 5. The molecule has 2 unspecified atom stereocenters. The van der Waals surface area contributed by atoms with Crippen molar-refractivity contribution in [2.45, 2.75) is 154 Å². The lowest BCUT2D eigenvalue weighted by atomic mass is 9.83. The van der Waals surface area contributed by atoms with Gasteiger partial charge >= 0.3 is 18.2 Å². The molecule has 1 saturated carbocycles. The summed E-state index contributed by atoms with van der Waals surface area (Å²) in [5.41, 5.74) is 5.12. The predicted octanol–water partition coefficient (Wildman–Crippen LogP) is 4.80. The number of carbonyl (C=O) groups excluding carboxylic acids is 11. The molecule has 11 amide bonds. The van der Waals surface area contributed by atoms with E-state index >= 15 is 0 Å². The van der Waals surface area contributed by atoms with Gasteiger partial charge in [0.15, 0.2) is 11.5 Å². The maximum atomic E-state index is 14.9. The second kappa shape index (κ2) is 31.7. The lowest BCUT2D eigenvalue weighted by Crippen LogP contribution is -2.63. The van der Waals surface area contributed by atoms with Crippen molar-refractivity contribution in [2.24, 2.45) is 35.3 Å². The van der Waals surface area contributed by atoms with Crippen molar-refractivity contribution in [2.75, 3.05) is 65.2 Å². The van der Waals surface area contributed by atoms with E-state index in [1.54, 1.807) is 83.3 Å². The van der Waals surface area contributed by atoms with Crippen LogP contribution < -0.4 is 42.0 Å². The molecule has 8 N–H and O–H groups in total. The lowest BCUT2D eigenvalue weighted by Gasteiger charge is -2.42. The minimum atomic E-state index is -1.88. The molecule has 0 radical (unpaired) electrons. The predicted molar refractivity (Wildman–Crippen MR) is 344 cm³/mol. The number of halogens is 1. The van der Waals surface area contributed by atoms with Gasteiger partial charge in [-0.1, -0.05) is 74.7 Å². The van der Waals surface area contributed by atoms with Crippen LogP contribution in [-0.2, 0) is 70.3 Å². The van der Waals surface area contributed by atoms with Crippen molar-refractivity contribution in [1.82, 2.24) is 36.0 Å². The van der Waals surface area contributed by atoms with Gasteiger partial charge in [0.25, 0.3) is 11.8 Å². The van der Waals surface area contributed by atoms with E-state index in [-0.39, 0.29) is 81.1 Å². The molecule has 4 aliphatic heterocycles. The molecule has 2 saturated heterocycles. The highest BCUT2D eigenvalue weighted by atomic mass is 35.5. The van der Waals surface area contributed by atoms with E-state index in [9.17, 15) is 57.8 Å². The van der Waals surface area contributed by atoms with Gasteiger partial charge in [-0.3, -0.25) is 48.6 Å². The molecule has 28 heteroatoms. The van der Waals surface area contributed by atoms with Crippen molar-refractivity contribution in [3.8, 4) is 5.75 Å². The first-order valence-electron chi connectivity index (χ1n) is 31.6. The minimum absolute atomic E-state index is 0.0823. The Labute approximate surface area is 552 Å². The van der Waals surface area contributed by atoms with Crippen LogP contribution in [0.1, 0.15) is 104 Å². The number of amides is 11. The van der Waals surface area contributed by atoms with Gasteiger partial charge in [-0.05, 0) is 94.2 Å². The summed E-state index contributed by atoms with van der Waals surface area (Å²) in [7, 11) is 7.37. The number of fused-ring (bicyclic) bond motifs is 7. The van der Waals surface area contributed by atoms with Crippen LogP contribution in [0.3, 0.4) is 0 Å². The average molecular weight is 1330 g/mol. The molecule has 0 aromatic heterocycles. The number of nitrogens with zero attached hydrogens (tertiary/aromatic N) is 4. The van der Waals surface area contributed by atoms with Crippen molar-refractivity contribution in [3.05, 3.63) is 88.5 Å². The maximum absolute atomic E-state index is 14.9.